The van der Waals surface area contributed by atoms with Crippen molar-refractivity contribution in [3.8, 4) is 0 Å². The van der Waals surface area contributed by atoms with E-state index in [9.17, 15) is 29.7 Å². The average Bonchev–Trinajstić information content (AvgIpc) is 3.55. The Kier molecular flexibility index (Phi) is 3.99. The lowest BCUT2D eigenvalue weighted by Crippen LogP contribution is -2.65. The van der Waals surface area contributed by atoms with Crippen LogP contribution in [0.15, 0.2) is 34.7 Å². The smallest absolute Gasteiger partial charge is 0.340 e. The van der Waals surface area contributed by atoms with E-state index in [0.29, 0.717) is 24.0 Å². The third kappa shape index (κ3) is 2.01. The number of fused-ring (bicyclic) bond motifs is 4. The van der Waals surface area contributed by atoms with Gasteiger partial charge >= 0.3 is 17.9 Å². The highest BCUT2D eigenvalue weighted by molar-refractivity contribution is 5.91. The van der Waals surface area contributed by atoms with Crippen LogP contribution in [0, 0.1) is 34.0 Å². The zero-order chi connectivity index (χ0) is 26.6. The Labute approximate surface area is 212 Å². The average molecular weight is 515 g/mol. The summed E-state index contributed by atoms with van der Waals surface area (Å²) in [5.74, 6) is -5.10. The number of hydrogen-bond donors (Lipinski definition) is 3. The van der Waals surface area contributed by atoms with Crippen molar-refractivity contribution in [2.45, 2.75) is 69.0 Å². The summed E-state index contributed by atoms with van der Waals surface area (Å²) in [6, 6.07) is 1.72. The molecule has 1 aromatic heterocycles. The topological polar surface area (TPSA) is 153 Å². The van der Waals surface area contributed by atoms with Gasteiger partial charge in [-0.05, 0) is 30.9 Å². The van der Waals surface area contributed by atoms with Crippen molar-refractivity contribution in [2.75, 3.05) is 7.11 Å². The fraction of sp³-hybridized carbons (Fsp3) is 0.667. The summed E-state index contributed by atoms with van der Waals surface area (Å²) >= 11 is 0. The van der Waals surface area contributed by atoms with Crippen LogP contribution in [0.1, 0.15) is 51.7 Å². The standard InChI is InChI=1S/C27H30O10/c1-22-7-5-13-24(3)17(16(29)19(30)34-4)23(2)11-25(24,32)20-26(13,37-21(31)27(20,23)33)14(22)9-15(28)36-18(22)12-6-8-35-10-12/h6,8-10,13,16-18,20,29,32-33H,5,7,11H2,1-4H3/t13-,16+,17+,18+,20+,22-,23-,24-,25?,26+,27-/m1/s1. The highest BCUT2D eigenvalue weighted by Gasteiger charge is 2.99. The molecule has 1 spiro atoms. The molecule has 10 nitrogen and oxygen atoms in total. The quantitative estimate of drug-likeness (QED) is 0.396. The van der Waals surface area contributed by atoms with Gasteiger partial charge in [0, 0.05) is 39.7 Å². The third-order valence-electron chi connectivity index (χ3n) is 11.6. The van der Waals surface area contributed by atoms with E-state index in [1.54, 1.807) is 13.0 Å². The molecule has 4 aliphatic carbocycles. The lowest BCUT2D eigenvalue weighted by Gasteiger charge is -2.56. The van der Waals surface area contributed by atoms with E-state index in [2.05, 4.69) is 0 Å². The molecule has 4 saturated carbocycles. The number of hydrogen-bond acceptors (Lipinski definition) is 10. The molecule has 1 aromatic rings. The highest BCUT2D eigenvalue weighted by Crippen LogP contribution is 2.89. The van der Waals surface area contributed by atoms with E-state index < -0.39 is 80.9 Å². The molecule has 0 aromatic carbocycles. The number of aliphatic hydroxyl groups is 3. The second-order valence-corrected chi connectivity index (χ2v) is 12.6. The van der Waals surface area contributed by atoms with E-state index in [4.69, 9.17) is 18.6 Å². The molecule has 2 bridgehead atoms. The summed E-state index contributed by atoms with van der Waals surface area (Å²) in [6.07, 6.45) is 2.86. The van der Waals surface area contributed by atoms with Gasteiger partial charge in [-0.1, -0.05) is 20.8 Å². The van der Waals surface area contributed by atoms with Crippen molar-refractivity contribution in [2.24, 2.45) is 34.0 Å². The fourth-order valence-corrected chi connectivity index (χ4v) is 10.5. The van der Waals surface area contributed by atoms with Crippen LogP contribution < -0.4 is 0 Å². The second-order valence-electron chi connectivity index (χ2n) is 12.6. The van der Waals surface area contributed by atoms with Crippen molar-refractivity contribution >= 4 is 17.9 Å². The Bertz CT molecular complexity index is 1300. The van der Waals surface area contributed by atoms with Crippen molar-refractivity contribution in [3.05, 3.63) is 35.8 Å². The first-order valence-corrected chi connectivity index (χ1v) is 12.7. The minimum Gasteiger partial charge on any atom is -0.472 e. The van der Waals surface area contributed by atoms with Crippen LogP contribution in [0.25, 0.3) is 0 Å². The summed E-state index contributed by atoms with van der Waals surface area (Å²) in [5.41, 5.74) is -7.58. The zero-order valence-corrected chi connectivity index (χ0v) is 21.0. The van der Waals surface area contributed by atoms with Crippen LogP contribution in [-0.2, 0) is 28.6 Å². The van der Waals surface area contributed by atoms with E-state index in [1.807, 2.05) is 13.8 Å². The molecular formula is C27H30O10. The molecule has 0 amide bonds. The molecule has 2 aliphatic heterocycles. The number of ether oxygens (including phenoxy) is 3. The van der Waals surface area contributed by atoms with Gasteiger partial charge in [0.15, 0.2) is 11.7 Å². The fourth-order valence-electron chi connectivity index (χ4n) is 10.5. The highest BCUT2D eigenvalue weighted by atomic mass is 16.6. The Hall–Kier alpha value is -2.69. The van der Waals surface area contributed by atoms with Gasteiger partial charge in [-0.2, -0.15) is 0 Å². The molecule has 198 valence electrons. The summed E-state index contributed by atoms with van der Waals surface area (Å²) in [7, 11) is 1.16. The van der Waals surface area contributed by atoms with Crippen LogP contribution in [0.2, 0.25) is 0 Å². The molecule has 10 heteroatoms. The monoisotopic (exact) mass is 514 g/mol. The normalized spacial score (nSPS) is 53.2. The van der Waals surface area contributed by atoms with Gasteiger partial charge < -0.3 is 33.9 Å². The predicted molar refractivity (Wildman–Crippen MR) is 121 cm³/mol. The van der Waals surface area contributed by atoms with E-state index in [-0.39, 0.29) is 6.42 Å². The summed E-state index contributed by atoms with van der Waals surface area (Å²) in [4.78, 5) is 39.4. The summed E-state index contributed by atoms with van der Waals surface area (Å²) < 4.78 is 22.1. The molecule has 3 N–H and O–H groups in total. The van der Waals surface area contributed by atoms with Gasteiger partial charge in [-0.15, -0.1) is 0 Å². The Morgan fingerprint density at radius 1 is 1.22 bits per heavy atom. The molecule has 0 radical (unpaired) electrons. The number of rotatable bonds is 3. The summed E-state index contributed by atoms with van der Waals surface area (Å²) in [6.45, 7) is 5.38. The van der Waals surface area contributed by atoms with Gasteiger partial charge in [-0.3, -0.25) is 0 Å². The molecule has 1 saturated heterocycles. The SMILES string of the molecule is COC(=O)[C@@H](O)[C@@H]1[C@@]2(C)[C@H]3CC[C@]4(C)C(=CC(=O)O[C@H]4c4ccoc4)[C@@]34OC(=O)[C@]3(O)[C@H]4C2(O)C[C@]13C. The third-order valence-corrected chi connectivity index (χ3v) is 11.6. The largest absolute Gasteiger partial charge is 0.472 e. The van der Waals surface area contributed by atoms with Crippen LogP contribution in [0.4, 0.5) is 0 Å². The molecule has 11 atom stereocenters. The van der Waals surface area contributed by atoms with Crippen molar-refractivity contribution < 1.29 is 48.3 Å². The number of carbonyl (C=O) groups excluding carboxylic acids is 3. The maximum atomic E-state index is 13.7. The summed E-state index contributed by atoms with van der Waals surface area (Å²) in [5, 5.41) is 36.0. The number of furan rings is 1. The molecule has 7 rings (SSSR count). The first-order chi connectivity index (χ1) is 17.3. The maximum Gasteiger partial charge on any atom is 0.340 e. The van der Waals surface area contributed by atoms with Gasteiger partial charge in [0.25, 0.3) is 0 Å². The Morgan fingerprint density at radius 2 is 1.95 bits per heavy atom. The van der Waals surface area contributed by atoms with Crippen molar-refractivity contribution in [1.82, 2.24) is 0 Å². The predicted octanol–water partition coefficient (Wildman–Crippen LogP) is 1.19. The lowest BCUT2D eigenvalue weighted by atomic mass is 9.51. The van der Waals surface area contributed by atoms with E-state index in [0.717, 1.165) is 7.11 Å². The molecule has 37 heavy (non-hydrogen) atoms. The second kappa shape index (κ2) is 6.30. The van der Waals surface area contributed by atoms with Gasteiger partial charge in [0.2, 0.25) is 0 Å². The maximum absolute atomic E-state index is 13.7. The van der Waals surface area contributed by atoms with Crippen molar-refractivity contribution in [3.63, 3.8) is 0 Å². The minimum absolute atomic E-state index is 0.0106. The molecular weight excluding hydrogens is 484 g/mol. The lowest BCUT2D eigenvalue weighted by molar-refractivity contribution is -0.219. The van der Waals surface area contributed by atoms with Crippen molar-refractivity contribution in [1.29, 1.82) is 0 Å². The number of cyclic esters (lactones) is 1. The Morgan fingerprint density at radius 3 is 2.59 bits per heavy atom. The first-order valence-electron chi connectivity index (χ1n) is 12.7. The van der Waals surface area contributed by atoms with Crippen LogP contribution >= 0.6 is 0 Å². The Balaban J connectivity index is 1.50. The molecule has 5 fully saturated rings. The molecule has 1 unspecified atom stereocenters. The van der Waals surface area contributed by atoms with Crippen LogP contribution in [-0.4, -0.2) is 63.2 Å². The van der Waals surface area contributed by atoms with Gasteiger partial charge in [-0.25, -0.2) is 14.4 Å². The first kappa shape index (κ1) is 23.4. The van der Waals surface area contributed by atoms with Crippen LogP contribution in [0.3, 0.4) is 0 Å². The number of esters is 3. The minimum atomic E-state index is -2.19. The van der Waals surface area contributed by atoms with Crippen LogP contribution in [0.5, 0.6) is 0 Å². The molecule has 3 heterocycles. The number of carbonyl (C=O) groups is 3. The number of methoxy groups -OCH3 is 1. The number of aliphatic hydroxyl groups excluding tert-OH is 1. The van der Waals surface area contributed by atoms with E-state index in [1.165, 1.54) is 18.6 Å². The van der Waals surface area contributed by atoms with E-state index >= 15 is 0 Å². The van der Waals surface area contributed by atoms with Gasteiger partial charge in [0.1, 0.15) is 11.7 Å². The van der Waals surface area contributed by atoms with Gasteiger partial charge in [0.05, 0.1) is 31.2 Å². The zero-order valence-electron chi connectivity index (χ0n) is 21.0. The molecule has 6 aliphatic rings.